The molecule has 166 valence electrons. The minimum absolute atomic E-state index is 0.0375. The molecule has 0 radical (unpaired) electrons. The Balaban J connectivity index is 1.67. The van der Waals surface area contributed by atoms with Gasteiger partial charge in [-0.1, -0.05) is 30.3 Å². The molecule has 2 heterocycles. The predicted octanol–water partition coefficient (Wildman–Crippen LogP) is 2.14. The number of amides is 1. The lowest BCUT2D eigenvalue weighted by Gasteiger charge is -2.28. The summed E-state index contributed by atoms with van der Waals surface area (Å²) in [6, 6.07) is 18.6. The lowest BCUT2D eigenvalue weighted by Crippen LogP contribution is -2.44. The first-order chi connectivity index (χ1) is 15.4. The molecule has 0 spiro atoms. The Labute approximate surface area is 186 Å². The second kappa shape index (κ2) is 8.96. The predicted molar refractivity (Wildman–Crippen MR) is 121 cm³/mol. The highest BCUT2D eigenvalue weighted by molar-refractivity contribution is 7.91. The number of carbonyl (C=O) groups excluding carboxylic acids is 1. The van der Waals surface area contributed by atoms with Gasteiger partial charge in [0.1, 0.15) is 12.3 Å². The van der Waals surface area contributed by atoms with Gasteiger partial charge in [0.05, 0.1) is 30.4 Å². The number of methoxy groups -OCH3 is 1. The van der Waals surface area contributed by atoms with Crippen molar-refractivity contribution in [1.82, 2.24) is 9.78 Å². The van der Waals surface area contributed by atoms with Gasteiger partial charge in [0.15, 0.2) is 9.84 Å². The fourth-order valence-electron chi connectivity index (χ4n) is 3.89. The van der Waals surface area contributed by atoms with E-state index in [1.807, 2.05) is 24.3 Å². The van der Waals surface area contributed by atoms with Gasteiger partial charge in [-0.2, -0.15) is 5.10 Å². The minimum atomic E-state index is -3.21. The lowest BCUT2D eigenvalue weighted by molar-refractivity contribution is -0.119. The Bertz CT molecular complexity index is 1290. The zero-order valence-electron chi connectivity index (χ0n) is 17.5. The standard InChI is InChI=1S/C23H23N3O5S/c1-31-21-10-6-5-9-19(21)20-11-12-22(27)25(24-20)15-23(28)26(17-7-3-2-4-8-17)18-13-14-32(29,30)16-18/h2-12,18H,13-16H2,1H3/t18-/m1/s1. The van der Waals surface area contributed by atoms with Crippen LogP contribution < -0.4 is 15.2 Å². The van der Waals surface area contributed by atoms with Crippen molar-refractivity contribution in [2.24, 2.45) is 0 Å². The van der Waals surface area contributed by atoms with E-state index in [0.29, 0.717) is 29.1 Å². The Morgan fingerprint density at radius 3 is 2.50 bits per heavy atom. The van der Waals surface area contributed by atoms with Gasteiger partial charge in [-0.25, -0.2) is 13.1 Å². The molecule has 0 bridgehead atoms. The fourth-order valence-corrected chi connectivity index (χ4v) is 5.59. The van der Waals surface area contributed by atoms with E-state index in [1.54, 1.807) is 43.5 Å². The molecule has 1 aliphatic rings. The van der Waals surface area contributed by atoms with Crippen LogP contribution in [-0.4, -0.2) is 48.8 Å². The molecule has 1 aromatic heterocycles. The molecule has 0 aliphatic carbocycles. The average molecular weight is 454 g/mol. The summed E-state index contributed by atoms with van der Waals surface area (Å²) in [5.41, 5.74) is 1.35. The van der Waals surface area contributed by atoms with Gasteiger partial charge in [0.2, 0.25) is 5.91 Å². The van der Waals surface area contributed by atoms with E-state index in [1.165, 1.54) is 11.0 Å². The molecule has 1 aliphatic heterocycles. The Morgan fingerprint density at radius 2 is 1.81 bits per heavy atom. The van der Waals surface area contributed by atoms with Crippen molar-refractivity contribution in [2.75, 3.05) is 23.5 Å². The molecular formula is C23H23N3O5S. The van der Waals surface area contributed by atoms with Crippen LogP contribution in [0.15, 0.2) is 71.5 Å². The number of nitrogens with zero attached hydrogens (tertiary/aromatic N) is 3. The van der Waals surface area contributed by atoms with E-state index in [4.69, 9.17) is 4.74 Å². The summed E-state index contributed by atoms with van der Waals surface area (Å²) >= 11 is 0. The number of sulfone groups is 1. The van der Waals surface area contributed by atoms with E-state index < -0.39 is 27.3 Å². The van der Waals surface area contributed by atoms with E-state index in [0.717, 1.165) is 4.68 Å². The topological polar surface area (TPSA) is 98.6 Å². The first-order valence-corrected chi connectivity index (χ1v) is 12.0. The molecule has 1 atom stereocenters. The van der Waals surface area contributed by atoms with Gasteiger partial charge < -0.3 is 9.64 Å². The molecule has 1 saturated heterocycles. The molecule has 8 nitrogen and oxygen atoms in total. The zero-order chi connectivity index (χ0) is 22.7. The van der Waals surface area contributed by atoms with Gasteiger partial charge in [0.25, 0.3) is 5.56 Å². The third-order valence-corrected chi connectivity index (χ3v) is 7.16. The van der Waals surface area contributed by atoms with Crippen LogP contribution in [0.1, 0.15) is 6.42 Å². The van der Waals surface area contributed by atoms with Crippen LogP contribution in [0, 0.1) is 0 Å². The maximum atomic E-state index is 13.3. The summed E-state index contributed by atoms with van der Waals surface area (Å²) in [6.45, 7) is -0.312. The van der Waals surface area contributed by atoms with Crippen LogP contribution >= 0.6 is 0 Å². The molecule has 3 aromatic rings. The van der Waals surface area contributed by atoms with Crippen LogP contribution in [-0.2, 0) is 21.2 Å². The van der Waals surface area contributed by atoms with Gasteiger partial charge in [-0.15, -0.1) is 0 Å². The Morgan fingerprint density at radius 1 is 1.09 bits per heavy atom. The molecule has 0 N–H and O–H groups in total. The first kappa shape index (κ1) is 21.8. The number of anilines is 1. The Hall–Kier alpha value is -3.46. The highest BCUT2D eigenvalue weighted by Gasteiger charge is 2.35. The van der Waals surface area contributed by atoms with Crippen LogP contribution in [0.2, 0.25) is 0 Å². The van der Waals surface area contributed by atoms with E-state index >= 15 is 0 Å². The Kier molecular flexibility index (Phi) is 6.09. The summed E-state index contributed by atoms with van der Waals surface area (Å²) in [6.07, 6.45) is 0.354. The summed E-state index contributed by atoms with van der Waals surface area (Å²) in [4.78, 5) is 27.3. The second-order valence-corrected chi connectivity index (χ2v) is 9.80. The van der Waals surface area contributed by atoms with E-state index in [9.17, 15) is 18.0 Å². The summed E-state index contributed by atoms with van der Waals surface area (Å²) < 4.78 is 30.6. The van der Waals surface area contributed by atoms with Gasteiger partial charge >= 0.3 is 0 Å². The number of hydrogen-bond acceptors (Lipinski definition) is 6. The number of aromatic nitrogens is 2. The van der Waals surface area contributed by atoms with Gasteiger partial charge in [0, 0.05) is 17.3 Å². The zero-order valence-corrected chi connectivity index (χ0v) is 18.4. The van der Waals surface area contributed by atoms with Crippen molar-refractivity contribution in [3.8, 4) is 17.0 Å². The largest absolute Gasteiger partial charge is 0.496 e. The second-order valence-electron chi connectivity index (χ2n) is 7.57. The molecular weight excluding hydrogens is 430 g/mol. The van der Waals surface area contributed by atoms with Crippen molar-refractivity contribution >= 4 is 21.4 Å². The molecule has 2 aromatic carbocycles. The molecule has 0 saturated carbocycles. The molecule has 1 amide bonds. The van der Waals surface area contributed by atoms with E-state index in [-0.39, 0.29) is 18.1 Å². The number of ether oxygens (including phenoxy) is 1. The quantitative estimate of drug-likeness (QED) is 0.567. The van der Waals surface area contributed by atoms with Crippen molar-refractivity contribution in [3.05, 3.63) is 77.1 Å². The van der Waals surface area contributed by atoms with Crippen molar-refractivity contribution < 1.29 is 17.9 Å². The minimum Gasteiger partial charge on any atom is -0.496 e. The van der Waals surface area contributed by atoms with Gasteiger partial charge in [-0.05, 0) is 36.8 Å². The van der Waals surface area contributed by atoms with Crippen LogP contribution in [0.5, 0.6) is 5.75 Å². The average Bonchev–Trinajstić information content (AvgIpc) is 3.15. The lowest BCUT2D eigenvalue weighted by atomic mass is 10.1. The maximum Gasteiger partial charge on any atom is 0.267 e. The van der Waals surface area contributed by atoms with Gasteiger partial charge in [-0.3, -0.25) is 9.59 Å². The molecule has 4 rings (SSSR count). The fraction of sp³-hybridized carbons (Fsp3) is 0.261. The summed E-state index contributed by atoms with van der Waals surface area (Å²) in [5.74, 6) is 0.135. The summed E-state index contributed by atoms with van der Waals surface area (Å²) in [7, 11) is -1.66. The number of benzene rings is 2. The number of para-hydroxylation sites is 2. The van der Waals surface area contributed by atoms with Crippen molar-refractivity contribution in [2.45, 2.75) is 19.0 Å². The highest BCUT2D eigenvalue weighted by Crippen LogP contribution is 2.28. The van der Waals surface area contributed by atoms with Crippen molar-refractivity contribution in [1.29, 1.82) is 0 Å². The molecule has 1 fully saturated rings. The van der Waals surface area contributed by atoms with Crippen molar-refractivity contribution in [3.63, 3.8) is 0 Å². The smallest absolute Gasteiger partial charge is 0.267 e. The number of hydrogen-bond donors (Lipinski definition) is 0. The molecule has 32 heavy (non-hydrogen) atoms. The van der Waals surface area contributed by atoms with Crippen LogP contribution in [0.4, 0.5) is 5.69 Å². The van der Waals surface area contributed by atoms with Crippen LogP contribution in [0.25, 0.3) is 11.3 Å². The SMILES string of the molecule is COc1ccccc1-c1ccc(=O)n(CC(=O)N(c2ccccc2)[C@@H]2CCS(=O)(=O)C2)n1. The third kappa shape index (κ3) is 4.57. The number of rotatable bonds is 6. The molecule has 9 heteroatoms. The molecule has 0 unspecified atom stereocenters. The number of carbonyl (C=O) groups is 1. The monoisotopic (exact) mass is 453 g/mol. The highest BCUT2D eigenvalue weighted by atomic mass is 32.2. The third-order valence-electron chi connectivity index (χ3n) is 5.41. The first-order valence-electron chi connectivity index (χ1n) is 10.2. The van der Waals surface area contributed by atoms with E-state index in [2.05, 4.69) is 5.10 Å². The normalized spacial score (nSPS) is 17.1. The van der Waals surface area contributed by atoms with Crippen LogP contribution in [0.3, 0.4) is 0 Å². The maximum absolute atomic E-state index is 13.3. The summed E-state index contributed by atoms with van der Waals surface area (Å²) in [5, 5.41) is 4.38.